The summed E-state index contributed by atoms with van der Waals surface area (Å²) in [6.07, 6.45) is -1.45. The predicted octanol–water partition coefficient (Wildman–Crippen LogP) is 1.76. The minimum atomic E-state index is -1.45. The molecule has 2 atom stereocenters. The van der Waals surface area contributed by atoms with Crippen molar-refractivity contribution < 1.29 is 15.0 Å². The number of amides is 1. The molecule has 0 heterocycles. The van der Waals surface area contributed by atoms with Crippen molar-refractivity contribution in [3.63, 3.8) is 0 Å². The van der Waals surface area contributed by atoms with Crippen LogP contribution in [0, 0.1) is 0 Å². The van der Waals surface area contributed by atoms with Gasteiger partial charge < -0.3 is 15.5 Å². The van der Waals surface area contributed by atoms with E-state index in [0.29, 0.717) is 0 Å². The van der Waals surface area contributed by atoms with E-state index in [0.717, 1.165) is 10.0 Å². The van der Waals surface area contributed by atoms with Crippen LogP contribution < -0.4 is 5.32 Å². The quantitative estimate of drug-likeness (QED) is 0.793. The van der Waals surface area contributed by atoms with Gasteiger partial charge in [-0.1, -0.05) is 28.1 Å². The first kappa shape index (κ1) is 15.1. The molecule has 0 aromatic heterocycles. The second kappa shape index (κ2) is 5.82. The fourth-order valence-electron chi connectivity index (χ4n) is 1.45. The Labute approximate surface area is 115 Å². The van der Waals surface area contributed by atoms with Crippen molar-refractivity contribution in [2.75, 3.05) is 0 Å². The number of rotatable bonds is 4. The lowest BCUT2D eigenvalue weighted by molar-refractivity contribution is -0.142. The maximum atomic E-state index is 11.7. The fourth-order valence-corrected chi connectivity index (χ4v) is 1.71. The van der Waals surface area contributed by atoms with Crippen LogP contribution in [0.25, 0.3) is 0 Å². The molecule has 4 nitrogen and oxygen atoms in total. The Kier molecular flexibility index (Phi) is 4.90. The topological polar surface area (TPSA) is 69.6 Å². The van der Waals surface area contributed by atoms with E-state index in [9.17, 15) is 15.0 Å². The summed E-state index contributed by atoms with van der Waals surface area (Å²) in [7, 11) is 0. The molecule has 0 aliphatic heterocycles. The SMILES string of the molecule is C[C@H](NC(=O)C(O)C(C)(C)O)c1ccc(Br)cc1. The van der Waals surface area contributed by atoms with Crippen molar-refractivity contribution in [2.24, 2.45) is 0 Å². The summed E-state index contributed by atoms with van der Waals surface area (Å²) in [6, 6.07) is 7.29. The first-order valence-electron chi connectivity index (χ1n) is 5.68. The highest BCUT2D eigenvalue weighted by atomic mass is 79.9. The van der Waals surface area contributed by atoms with Crippen molar-refractivity contribution in [3.05, 3.63) is 34.3 Å². The summed E-state index contributed by atoms with van der Waals surface area (Å²) >= 11 is 3.33. The van der Waals surface area contributed by atoms with Crippen molar-refractivity contribution >= 4 is 21.8 Å². The summed E-state index contributed by atoms with van der Waals surface area (Å²) in [5, 5.41) is 21.8. The minimum Gasteiger partial charge on any atom is -0.387 e. The zero-order valence-electron chi connectivity index (χ0n) is 10.6. The molecule has 0 aliphatic carbocycles. The van der Waals surface area contributed by atoms with Gasteiger partial charge in [-0.05, 0) is 38.5 Å². The van der Waals surface area contributed by atoms with E-state index in [-0.39, 0.29) is 6.04 Å². The third-order valence-electron chi connectivity index (χ3n) is 2.65. The first-order chi connectivity index (χ1) is 8.21. The smallest absolute Gasteiger partial charge is 0.252 e. The number of carbonyl (C=O) groups excluding carboxylic acids is 1. The van der Waals surface area contributed by atoms with Gasteiger partial charge in [-0.15, -0.1) is 0 Å². The molecule has 1 amide bonds. The standard InChI is InChI=1S/C13H18BrNO3/c1-8(9-4-6-10(14)7-5-9)15-12(17)11(16)13(2,3)18/h4-8,11,16,18H,1-3H3,(H,15,17)/t8-,11?/m0/s1. The molecule has 0 fully saturated rings. The molecule has 1 aromatic rings. The Bertz CT molecular complexity index is 411. The molecule has 0 aliphatic rings. The van der Waals surface area contributed by atoms with Crippen LogP contribution in [0.3, 0.4) is 0 Å². The highest BCUT2D eigenvalue weighted by molar-refractivity contribution is 9.10. The van der Waals surface area contributed by atoms with E-state index < -0.39 is 17.6 Å². The van der Waals surface area contributed by atoms with Crippen LogP contribution in [0.1, 0.15) is 32.4 Å². The number of aliphatic hydroxyl groups is 2. The molecule has 0 saturated carbocycles. The number of hydrogen-bond acceptors (Lipinski definition) is 3. The number of halogens is 1. The highest BCUT2D eigenvalue weighted by Gasteiger charge is 2.31. The van der Waals surface area contributed by atoms with Crippen LogP contribution in [-0.4, -0.2) is 27.8 Å². The molecular formula is C13H18BrNO3. The number of nitrogens with one attached hydrogen (secondary N) is 1. The van der Waals surface area contributed by atoms with Crippen molar-refractivity contribution in [1.29, 1.82) is 0 Å². The largest absolute Gasteiger partial charge is 0.387 e. The third-order valence-corrected chi connectivity index (χ3v) is 3.17. The van der Waals surface area contributed by atoms with Crippen LogP contribution >= 0.6 is 15.9 Å². The molecule has 5 heteroatoms. The molecule has 1 unspecified atom stereocenters. The summed E-state index contributed by atoms with van der Waals surface area (Å²) in [4.78, 5) is 11.7. The summed E-state index contributed by atoms with van der Waals surface area (Å²) in [6.45, 7) is 4.60. The molecule has 0 spiro atoms. The maximum absolute atomic E-state index is 11.7. The lowest BCUT2D eigenvalue weighted by Crippen LogP contribution is -2.48. The predicted molar refractivity (Wildman–Crippen MR) is 73.0 cm³/mol. The summed E-state index contributed by atoms with van der Waals surface area (Å²) < 4.78 is 0.960. The van der Waals surface area contributed by atoms with Gasteiger partial charge in [0.2, 0.25) is 0 Å². The second-order valence-corrected chi connectivity index (χ2v) is 5.75. The van der Waals surface area contributed by atoms with Gasteiger partial charge in [0.05, 0.1) is 11.6 Å². The fraction of sp³-hybridized carbons (Fsp3) is 0.462. The van der Waals surface area contributed by atoms with Gasteiger partial charge in [-0.25, -0.2) is 0 Å². The van der Waals surface area contributed by atoms with Gasteiger partial charge in [-0.3, -0.25) is 4.79 Å². The molecule has 18 heavy (non-hydrogen) atoms. The molecule has 0 bridgehead atoms. The first-order valence-corrected chi connectivity index (χ1v) is 6.47. The van der Waals surface area contributed by atoms with Crippen molar-refractivity contribution in [3.8, 4) is 0 Å². The van der Waals surface area contributed by atoms with Gasteiger partial charge in [-0.2, -0.15) is 0 Å². The Morgan fingerprint density at radius 2 is 1.83 bits per heavy atom. The zero-order chi connectivity index (χ0) is 13.9. The molecule has 1 rings (SSSR count). The Hall–Kier alpha value is -0.910. The molecule has 0 radical (unpaired) electrons. The van der Waals surface area contributed by atoms with Crippen LogP contribution in [-0.2, 0) is 4.79 Å². The van der Waals surface area contributed by atoms with E-state index in [1.807, 2.05) is 31.2 Å². The van der Waals surface area contributed by atoms with E-state index in [1.54, 1.807) is 0 Å². The highest BCUT2D eigenvalue weighted by Crippen LogP contribution is 2.17. The maximum Gasteiger partial charge on any atom is 0.252 e. The van der Waals surface area contributed by atoms with Crippen LogP contribution in [0.2, 0.25) is 0 Å². The average molecular weight is 316 g/mol. The lowest BCUT2D eigenvalue weighted by atomic mass is 10.0. The summed E-state index contributed by atoms with van der Waals surface area (Å²) in [5.41, 5.74) is -0.529. The molecule has 100 valence electrons. The lowest BCUT2D eigenvalue weighted by Gasteiger charge is -2.25. The van der Waals surface area contributed by atoms with E-state index in [1.165, 1.54) is 13.8 Å². The average Bonchev–Trinajstić information content (AvgIpc) is 2.27. The zero-order valence-corrected chi connectivity index (χ0v) is 12.2. The Morgan fingerprint density at radius 1 is 1.33 bits per heavy atom. The van der Waals surface area contributed by atoms with Gasteiger partial charge in [0, 0.05) is 4.47 Å². The van der Waals surface area contributed by atoms with E-state index in [2.05, 4.69) is 21.2 Å². The molecule has 0 saturated heterocycles. The molecular weight excluding hydrogens is 298 g/mol. The van der Waals surface area contributed by atoms with Crippen LogP contribution in [0.4, 0.5) is 0 Å². The normalized spacial score (nSPS) is 15.0. The van der Waals surface area contributed by atoms with Gasteiger partial charge >= 0.3 is 0 Å². The minimum absolute atomic E-state index is 0.234. The number of aliphatic hydroxyl groups excluding tert-OH is 1. The Morgan fingerprint density at radius 3 is 2.28 bits per heavy atom. The third kappa shape index (κ3) is 4.08. The van der Waals surface area contributed by atoms with Gasteiger partial charge in [0.25, 0.3) is 5.91 Å². The Balaban J connectivity index is 2.68. The number of benzene rings is 1. The van der Waals surface area contributed by atoms with E-state index >= 15 is 0 Å². The van der Waals surface area contributed by atoms with Crippen molar-refractivity contribution in [2.45, 2.75) is 38.5 Å². The molecule has 1 aromatic carbocycles. The van der Waals surface area contributed by atoms with Crippen molar-refractivity contribution in [1.82, 2.24) is 5.32 Å². The monoisotopic (exact) mass is 315 g/mol. The summed E-state index contributed by atoms with van der Waals surface area (Å²) in [5.74, 6) is -0.585. The second-order valence-electron chi connectivity index (χ2n) is 4.84. The number of carbonyl (C=O) groups is 1. The molecule has 3 N–H and O–H groups in total. The van der Waals surface area contributed by atoms with Gasteiger partial charge in [0.15, 0.2) is 6.10 Å². The van der Waals surface area contributed by atoms with Gasteiger partial charge in [0.1, 0.15) is 0 Å². The van der Waals surface area contributed by atoms with Crippen LogP contribution in [0.5, 0.6) is 0 Å². The van der Waals surface area contributed by atoms with Crippen LogP contribution in [0.15, 0.2) is 28.7 Å². The van der Waals surface area contributed by atoms with E-state index in [4.69, 9.17) is 0 Å². The number of hydrogen-bond donors (Lipinski definition) is 3.